The zero-order valence-electron chi connectivity index (χ0n) is 16.1. The lowest BCUT2D eigenvalue weighted by molar-refractivity contribution is -0.130. The van der Waals surface area contributed by atoms with E-state index in [2.05, 4.69) is 29.1 Å². The summed E-state index contributed by atoms with van der Waals surface area (Å²) in [5, 5.41) is 3.59. The van der Waals surface area contributed by atoms with Gasteiger partial charge < -0.3 is 15.1 Å². The highest BCUT2D eigenvalue weighted by molar-refractivity contribution is 5.80. The molecule has 138 valence electrons. The molecule has 1 atom stereocenters. The van der Waals surface area contributed by atoms with E-state index in [1.54, 1.807) is 6.92 Å². The van der Waals surface area contributed by atoms with E-state index in [4.69, 9.17) is 0 Å². The highest BCUT2D eigenvalue weighted by atomic mass is 16.2. The van der Waals surface area contributed by atoms with Crippen molar-refractivity contribution in [1.29, 1.82) is 0 Å². The molecule has 2 heterocycles. The van der Waals surface area contributed by atoms with E-state index >= 15 is 0 Å². The van der Waals surface area contributed by atoms with Crippen LogP contribution in [0.15, 0.2) is 4.99 Å². The van der Waals surface area contributed by atoms with Crippen LogP contribution in [0.5, 0.6) is 0 Å². The molecule has 2 fully saturated rings. The minimum Gasteiger partial charge on any atom is -0.356 e. The number of carbonyl (C=O) groups excluding carboxylic acids is 1. The zero-order valence-corrected chi connectivity index (χ0v) is 16.1. The molecule has 1 amide bonds. The molecular weight excluding hydrogens is 300 g/mol. The third kappa shape index (κ3) is 4.87. The van der Waals surface area contributed by atoms with Crippen molar-refractivity contribution in [3.8, 4) is 0 Å². The van der Waals surface area contributed by atoms with Gasteiger partial charge in [-0.1, -0.05) is 26.7 Å². The first-order valence-corrected chi connectivity index (χ1v) is 9.80. The van der Waals surface area contributed by atoms with Gasteiger partial charge in [-0.3, -0.25) is 9.79 Å². The van der Waals surface area contributed by atoms with E-state index in [1.807, 2.05) is 11.9 Å². The van der Waals surface area contributed by atoms with Crippen molar-refractivity contribution in [3.63, 3.8) is 0 Å². The van der Waals surface area contributed by atoms with Crippen LogP contribution >= 0.6 is 0 Å². The Hall–Kier alpha value is -1.26. The number of nitrogens with zero attached hydrogens (tertiary/aromatic N) is 3. The van der Waals surface area contributed by atoms with Crippen molar-refractivity contribution in [2.75, 3.05) is 39.8 Å². The van der Waals surface area contributed by atoms with Crippen molar-refractivity contribution in [3.05, 3.63) is 0 Å². The first-order valence-electron chi connectivity index (χ1n) is 9.80. The fraction of sp³-hybridized carbons (Fsp3) is 0.895. The topological polar surface area (TPSA) is 47.9 Å². The Bertz CT molecular complexity index is 425. The molecule has 0 aromatic rings. The van der Waals surface area contributed by atoms with Gasteiger partial charge in [0.15, 0.2) is 5.96 Å². The fourth-order valence-corrected chi connectivity index (χ4v) is 4.34. The van der Waals surface area contributed by atoms with Crippen LogP contribution in [-0.2, 0) is 4.79 Å². The van der Waals surface area contributed by atoms with Gasteiger partial charge in [0.25, 0.3) is 0 Å². The molecule has 0 unspecified atom stereocenters. The molecule has 2 rings (SSSR count). The molecule has 5 heteroatoms. The Labute approximate surface area is 147 Å². The van der Waals surface area contributed by atoms with Crippen LogP contribution in [0.1, 0.15) is 52.9 Å². The molecule has 0 spiro atoms. The lowest BCUT2D eigenvalue weighted by Crippen LogP contribution is -2.45. The number of piperidine rings is 1. The second-order valence-corrected chi connectivity index (χ2v) is 7.45. The number of nitrogens with one attached hydrogen (secondary N) is 1. The Balaban J connectivity index is 1.76. The number of rotatable bonds is 5. The number of guanidine groups is 1. The molecule has 2 aliphatic heterocycles. The standard InChI is InChI=1S/C19H36N4O/c1-5-17(6-2)18-9-12-23(14-18)19(20-4)21-13-16-7-10-22(11-8-16)15(3)24/h16-18H,5-14H2,1-4H3,(H,20,21)/t18-/m1/s1. The Morgan fingerprint density at radius 2 is 1.75 bits per heavy atom. The third-order valence-electron chi connectivity index (χ3n) is 6.06. The zero-order chi connectivity index (χ0) is 17.5. The monoisotopic (exact) mass is 336 g/mol. The maximum absolute atomic E-state index is 11.4. The quantitative estimate of drug-likeness (QED) is 0.620. The highest BCUT2D eigenvalue weighted by Gasteiger charge is 2.29. The molecule has 0 radical (unpaired) electrons. The fourth-order valence-electron chi connectivity index (χ4n) is 4.34. The lowest BCUT2D eigenvalue weighted by Gasteiger charge is -2.32. The number of amides is 1. The maximum Gasteiger partial charge on any atom is 0.219 e. The largest absolute Gasteiger partial charge is 0.356 e. The smallest absolute Gasteiger partial charge is 0.219 e. The van der Waals surface area contributed by atoms with Gasteiger partial charge in [-0.2, -0.15) is 0 Å². The number of hydrogen-bond acceptors (Lipinski definition) is 2. The van der Waals surface area contributed by atoms with E-state index in [0.29, 0.717) is 5.92 Å². The van der Waals surface area contributed by atoms with Gasteiger partial charge in [0.05, 0.1) is 0 Å². The van der Waals surface area contributed by atoms with E-state index in [1.165, 1.54) is 19.3 Å². The van der Waals surface area contributed by atoms with Crippen molar-refractivity contribution >= 4 is 11.9 Å². The number of aliphatic imine (C=N–C) groups is 1. The van der Waals surface area contributed by atoms with Gasteiger partial charge >= 0.3 is 0 Å². The summed E-state index contributed by atoms with van der Waals surface area (Å²) in [4.78, 5) is 20.3. The first kappa shape index (κ1) is 19.1. The molecule has 1 N–H and O–H groups in total. The van der Waals surface area contributed by atoms with Crippen LogP contribution in [0.25, 0.3) is 0 Å². The summed E-state index contributed by atoms with van der Waals surface area (Å²) in [5.41, 5.74) is 0. The normalized spacial score (nSPS) is 23.2. The summed E-state index contributed by atoms with van der Waals surface area (Å²) in [6.07, 6.45) is 6.06. The van der Waals surface area contributed by atoms with Crippen molar-refractivity contribution in [1.82, 2.24) is 15.1 Å². The second kappa shape index (κ2) is 9.28. The van der Waals surface area contributed by atoms with Crippen LogP contribution in [0.4, 0.5) is 0 Å². The summed E-state index contributed by atoms with van der Waals surface area (Å²) in [6.45, 7) is 11.4. The van der Waals surface area contributed by atoms with Crippen molar-refractivity contribution in [2.45, 2.75) is 52.9 Å². The lowest BCUT2D eigenvalue weighted by atomic mass is 9.87. The van der Waals surface area contributed by atoms with E-state index in [-0.39, 0.29) is 5.91 Å². The summed E-state index contributed by atoms with van der Waals surface area (Å²) in [7, 11) is 1.89. The van der Waals surface area contributed by atoms with Crippen LogP contribution in [0.3, 0.4) is 0 Å². The van der Waals surface area contributed by atoms with Gasteiger partial charge in [-0.05, 0) is 37.0 Å². The van der Waals surface area contributed by atoms with Crippen LogP contribution in [0.2, 0.25) is 0 Å². The van der Waals surface area contributed by atoms with Crippen molar-refractivity contribution < 1.29 is 4.79 Å². The minimum absolute atomic E-state index is 0.210. The molecule has 0 aromatic carbocycles. The van der Waals surface area contributed by atoms with Gasteiger partial charge in [0, 0.05) is 46.7 Å². The van der Waals surface area contributed by atoms with Gasteiger partial charge in [-0.25, -0.2) is 0 Å². The molecule has 0 saturated carbocycles. The van der Waals surface area contributed by atoms with Gasteiger partial charge in [0.1, 0.15) is 0 Å². The Kier molecular flexibility index (Phi) is 7.38. The molecule has 5 nitrogen and oxygen atoms in total. The SMILES string of the molecule is CCC(CC)[C@@H]1CCN(C(=NC)NCC2CCN(C(C)=O)CC2)C1. The third-order valence-corrected chi connectivity index (χ3v) is 6.06. The molecule has 24 heavy (non-hydrogen) atoms. The molecule has 2 saturated heterocycles. The molecular formula is C19H36N4O. The average molecular weight is 337 g/mol. The maximum atomic E-state index is 11.4. The van der Waals surface area contributed by atoms with E-state index < -0.39 is 0 Å². The highest BCUT2D eigenvalue weighted by Crippen LogP contribution is 2.28. The minimum atomic E-state index is 0.210. The predicted octanol–water partition coefficient (Wildman–Crippen LogP) is 2.58. The van der Waals surface area contributed by atoms with Crippen molar-refractivity contribution in [2.24, 2.45) is 22.7 Å². The summed E-state index contributed by atoms with van der Waals surface area (Å²) in [5.74, 6) is 3.59. The van der Waals surface area contributed by atoms with Crippen LogP contribution in [0, 0.1) is 17.8 Å². The predicted molar refractivity (Wildman–Crippen MR) is 100 cm³/mol. The van der Waals surface area contributed by atoms with Crippen LogP contribution < -0.4 is 5.32 Å². The molecule has 0 aromatic heterocycles. The van der Waals surface area contributed by atoms with E-state index in [0.717, 1.165) is 63.4 Å². The Morgan fingerprint density at radius 1 is 1.12 bits per heavy atom. The van der Waals surface area contributed by atoms with E-state index in [9.17, 15) is 4.79 Å². The van der Waals surface area contributed by atoms with Gasteiger partial charge in [-0.15, -0.1) is 0 Å². The number of likely N-dealkylation sites (tertiary alicyclic amines) is 2. The average Bonchev–Trinajstić information content (AvgIpc) is 3.07. The molecule has 0 bridgehead atoms. The molecule has 2 aliphatic rings. The van der Waals surface area contributed by atoms with Crippen LogP contribution in [-0.4, -0.2) is 61.4 Å². The summed E-state index contributed by atoms with van der Waals surface area (Å²) >= 11 is 0. The second-order valence-electron chi connectivity index (χ2n) is 7.45. The molecule has 0 aliphatic carbocycles. The first-order chi connectivity index (χ1) is 11.6. The number of hydrogen-bond donors (Lipinski definition) is 1. The number of carbonyl (C=O) groups is 1. The Morgan fingerprint density at radius 3 is 2.29 bits per heavy atom. The summed E-state index contributed by atoms with van der Waals surface area (Å²) in [6, 6.07) is 0. The summed E-state index contributed by atoms with van der Waals surface area (Å²) < 4.78 is 0. The van der Waals surface area contributed by atoms with Gasteiger partial charge in [0.2, 0.25) is 5.91 Å².